The van der Waals surface area contributed by atoms with Gasteiger partial charge < -0.3 is 34.7 Å². The molecule has 1 aromatic heterocycles. The Morgan fingerprint density at radius 3 is 2.24 bits per heavy atom. The van der Waals surface area contributed by atoms with Gasteiger partial charge in [0.25, 0.3) is 0 Å². The lowest BCUT2D eigenvalue weighted by Crippen LogP contribution is -2.15. The quantitative estimate of drug-likeness (QED) is 0.257. The molecule has 0 spiro atoms. The summed E-state index contributed by atoms with van der Waals surface area (Å²) in [6.45, 7) is 7.20. The Morgan fingerprint density at radius 1 is 0.971 bits per heavy atom. The van der Waals surface area contributed by atoms with Crippen molar-refractivity contribution in [3.05, 3.63) is 62.8 Å². The maximum absolute atomic E-state index is 13.6. The molecule has 8 heteroatoms. The zero-order chi connectivity index (χ0) is 25.3. The molecule has 180 valence electrons. The molecular formula is C26H28O8. The van der Waals surface area contributed by atoms with Crippen molar-refractivity contribution in [1.82, 2.24) is 0 Å². The molecule has 34 heavy (non-hydrogen) atoms. The molecule has 5 N–H and O–H groups in total. The fourth-order valence-corrected chi connectivity index (χ4v) is 3.67. The zero-order valence-electron chi connectivity index (χ0n) is 19.6. The first-order chi connectivity index (χ1) is 16.0. The van der Waals surface area contributed by atoms with Crippen molar-refractivity contribution in [3.63, 3.8) is 0 Å². The van der Waals surface area contributed by atoms with Gasteiger partial charge in [0.1, 0.15) is 40.1 Å². The average Bonchev–Trinajstić information content (AvgIpc) is 2.73. The van der Waals surface area contributed by atoms with Gasteiger partial charge in [-0.05, 0) is 40.2 Å². The number of aliphatic hydroxyl groups excluding tert-OH is 1. The van der Waals surface area contributed by atoms with E-state index in [0.717, 1.165) is 23.8 Å². The van der Waals surface area contributed by atoms with E-state index in [1.807, 2.05) is 19.9 Å². The summed E-state index contributed by atoms with van der Waals surface area (Å²) in [5.74, 6) is -1.73. The van der Waals surface area contributed by atoms with E-state index >= 15 is 0 Å². The molecule has 0 aliphatic heterocycles. The molecule has 0 aliphatic carbocycles. The Bertz CT molecular complexity index is 1370. The molecule has 0 aliphatic rings. The molecule has 0 bridgehead atoms. The number of aliphatic hydroxyl groups is 1. The molecular weight excluding hydrogens is 440 g/mol. The minimum Gasteiger partial charge on any atom is -0.507 e. The van der Waals surface area contributed by atoms with Crippen LogP contribution in [-0.4, -0.2) is 32.6 Å². The third-order valence-electron chi connectivity index (χ3n) is 5.30. The molecule has 0 saturated carbocycles. The number of benzene rings is 2. The molecule has 0 amide bonds. The van der Waals surface area contributed by atoms with Gasteiger partial charge in [-0.3, -0.25) is 4.79 Å². The summed E-state index contributed by atoms with van der Waals surface area (Å²) in [6.07, 6.45) is 1.99. The number of hydrogen-bond donors (Lipinski definition) is 5. The number of allylic oxidation sites excluding steroid dienone is 3. The van der Waals surface area contributed by atoms with Crippen molar-refractivity contribution in [3.8, 4) is 40.1 Å². The minimum absolute atomic E-state index is 0.00433. The van der Waals surface area contributed by atoms with Gasteiger partial charge in [0.05, 0.1) is 18.2 Å². The minimum atomic E-state index is -1.45. The summed E-state index contributed by atoms with van der Waals surface area (Å²) in [7, 11) is 1.31. The SMILES string of the molecule is COc1cc(O)c(-c2oc3c(CC=C(C)C)c(O)cc(O)c3c(=O)c2[C@H](O)C=C(C)C)cc1O. The summed E-state index contributed by atoms with van der Waals surface area (Å²) in [5, 5.41) is 52.6. The third-order valence-corrected chi connectivity index (χ3v) is 5.30. The molecule has 3 rings (SSSR count). The van der Waals surface area contributed by atoms with Crippen molar-refractivity contribution in [2.24, 2.45) is 0 Å². The summed E-state index contributed by atoms with van der Waals surface area (Å²) in [5.41, 5.74) is 0.736. The van der Waals surface area contributed by atoms with Crippen molar-refractivity contribution in [1.29, 1.82) is 0 Å². The van der Waals surface area contributed by atoms with E-state index in [4.69, 9.17) is 9.15 Å². The van der Waals surface area contributed by atoms with Gasteiger partial charge in [-0.1, -0.05) is 23.3 Å². The lowest BCUT2D eigenvalue weighted by atomic mass is 9.96. The van der Waals surface area contributed by atoms with Crippen LogP contribution in [0.15, 0.2) is 50.7 Å². The van der Waals surface area contributed by atoms with Gasteiger partial charge in [0, 0.05) is 17.7 Å². The smallest absolute Gasteiger partial charge is 0.203 e. The lowest BCUT2D eigenvalue weighted by Gasteiger charge is -2.17. The van der Waals surface area contributed by atoms with Crippen LogP contribution >= 0.6 is 0 Å². The number of phenolic OH excluding ortho intramolecular Hbond substituents is 4. The maximum atomic E-state index is 13.6. The van der Waals surface area contributed by atoms with E-state index in [-0.39, 0.29) is 62.8 Å². The highest BCUT2D eigenvalue weighted by atomic mass is 16.5. The van der Waals surface area contributed by atoms with Crippen LogP contribution in [0.1, 0.15) is 44.9 Å². The van der Waals surface area contributed by atoms with E-state index in [1.54, 1.807) is 13.8 Å². The van der Waals surface area contributed by atoms with E-state index in [1.165, 1.54) is 13.2 Å². The normalized spacial score (nSPS) is 11.8. The predicted octanol–water partition coefficient (Wildman–Crippen LogP) is 4.80. The number of fused-ring (bicyclic) bond motifs is 1. The van der Waals surface area contributed by atoms with Crippen LogP contribution in [0.4, 0.5) is 0 Å². The van der Waals surface area contributed by atoms with E-state index in [2.05, 4.69) is 0 Å². The average molecular weight is 469 g/mol. The van der Waals surface area contributed by atoms with Gasteiger partial charge in [0.2, 0.25) is 5.43 Å². The number of methoxy groups -OCH3 is 1. The lowest BCUT2D eigenvalue weighted by molar-refractivity contribution is 0.225. The van der Waals surface area contributed by atoms with Crippen LogP contribution in [0.2, 0.25) is 0 Å². The van der Waals surface area contributed by atoms with Gasteiger partial charge >= 0.3 is 0 Å². The van der Waals surface area contributed by atoms with Crippen molar-refractivity contribution in [2.45, 2.75) is 40.2 Å². The number of hydrogen-bond acceptors (Lipinski definition) is 8. The Morgan fingerprint density at radius 2 is 1.65 bits per heavy atom. The van der Waals surface area contributed by atoms with E-state index < -0.39 is 17.3 Å². The standard InChI is InChI=1S/C26H28O8/c1-12(2)6-7-14-16(27)10-20(31)23-24(32)22(19(30)8-13(3)4)26(34-25(14)23)15-9-18(29)21(33-5)11-17(15)28/h6,8-11,19,27-31H,7H2,1-5H3/t19-/m1/s1. The van der Waals surface area contributed by atoms with Crippen molar-refractivity contribution in [2.75, 3.05) is 7.11 Å². The zero-order valence-corrected chi connectivity index (χ0v) is 19.6. The summed E-state index contributed by atoms with van der Waals surface area (Å²) < 4.78 is 11.1. The van der Waals surface area contributed by atoms with Gasteiger partial charge in [0.15, 0.2) is 11.5 Å². The number of rotatable bonds is 6. The molecule has 1 heterocycles. The molecule has 0 saturated heterocycles. The molecule has 2 aromatic carbocycles. The molecule has 3 aromatic rings. The third kappa shape index (κ3) is 4.58. The van der Waals surface area contributed by atoms with Crippen LogP contribution in [0.3, 0.4) is 0 Å². The monoisotopic (exact) mass is 468 g/mol. The highest BCUT2D eigenvalue weighted by Gasteiger charge is 2.27. The summed E-state index contributed by atoms with van der Waals surface area (Å²) in [6, 6.07) is 3.35. The van der Waals surface area contributed by atoms with E-state index in [9.17, 15) is 30.3 Å². The van der Waals surface area contributed by atoms with Crippen LogP contribution in [0, 0.1) is 0 Å². The second kappa shape index (κ2) is 9.52. The number of aromatic hydroxyl groups is 4. The Labute approximate surface area is 196 Å². The summed E-state index contributed by atoms with van der Waals surface area (Å²) in [4.78, 5) is 13.6. The van der Waals surface area contributed by atoms with Crippen LogP contribution < -0.4 is 10.2 Å². The second-order valence-corrected chi connectivity index (χ2v) is 8.49. The van der Waals surface area contributed by atoms with Gasteiger partial charge in [-0.15, -0.1) is 0 Å². The Hall–Kier alpha value is -3.91. The first kappa shape index (κ1) is 24.7. The Balaban J connectivity index is 2.53. The topological polar surface area (TPSA) is 141 Å². The van der Waals surface area contributed by atoms with Crippen LogP contribution in [0.5, 0.6) is 28.7 Å². The fourth-order valence-electron chi connectivity index (χ4n) is 3.67. The predicted molar refractivity (Wildman–Crippen MR) is 129 cm³/mol. The number of ether oxygens (including phenoxy) is 1. The first-order valence-corrected chi connectivity index (χ1v) is 10.6. The summed E-state index contributed by atoms with van der Waals surface area (Å²) >= 11 is 0. The second-order valence-electron chi connectivity index (χ2n) is 8.49. The van der Waals surface area contributed by atoms with Gasteiger partial charge in [-0.2, -0.15) is 0 Å². The molecule has 1 atom stereocenters. The largest absolute Gasteiger partial charge is 0.507 e. The van der Waals surface area contributed by atoms with Crippen molar-refractivity contribution < 1.29 is 34.7 Å². The van der Waals surface area contributed by atoms with Crippen LogP contribution in [-0.2, 0) is 6.42 Å². The first-order valence-electron chi connectivity index (χ1n) is 10.6. The fraction of sp³-hybridized carbons (Fsp3) is 0.269. The molecule has 0 radical (unpaired) electrons. The highest BCUT2D eigenvalue weighted by molar-refractivity contribution is 5.91. The van der Waals surface area contributed by atoms with E-state index in [0.29, 0.717) is 5.57 Å². The molecule has 0 fully saturated rings. The van der Waals surface area contributed by atoms with Gasteiger partial charge in [-0.25, -0.2) is 0 Å². The molecule has 0 unspecified atom stereocenters. The Kier molecular flexibility index (Phi) is 6.93. The molecule has 8 nitrogen and oxygen atoms in total. The van der Waals surface area contributed by atoms with Crippen LogP contribution in [0.25, 0.3) is 22.3 Å². The number of phenols is 4. The maximum Gasteiger partial charge on any atom is 0.203 e. The van der Waals surface area contributed by atoms with Crippen molar-refractivity contribution >= 4 is 11.0 Å². The highest BCUT2D eigenvalue weighted by Crippen LogP contribution is 2.43.